The van der Waals surface area contributed by atoms with Crippen LogP contribution in [-0.4, -0.2) is 11.9 Å². The molecule has 4 nitrogen and oxygen atoms in total. The topological polar surface area (TPSA) is 54.0 Å². The van der Waals surface area contributed by atoms with E-state index in [9.17, 15) is 0 Å². The van der Waals surface area contributed by atoms with Crippen LogP contribution in [0.4, 0.5) is 11.4 Å². The monoisotopic (exact) mass is 236 g/mol. The molecule has 1 aliphatic heterocycles. The van der Waals surface area contributed by atoms with E-state index in [4.69, 9.17) is 5.73 Å². The summed E-state index contributed by atoms with van der Waals surface area (Å²) in [7, 11) is 0. The fraction of sp³-hybridized carbons (Fsp3) is 0. The van der Waals surface area contributed by atoms with Gasteiger partial charge < -0.3 is 5.73 Å². The van der Waals surface area contributed by atoms with E-state index in [0.29, 0.717) is 11.9 Å². The third kappa shape index (κ3) is 1.84. The Bertz CT molecular complexity index is 602. The van der Waals surface area contributed by atoms with Gasteiger partial charge in [-0.05, 0) is 24.3 Å². The Kier molecular flexibility index (Phi) is 2.53. The smallest absolute Gasteiger partial charge is 0.240 e. The molecule has 88 valence electrons. The highest BCUT2D eigenvalue weighted by atomic mass is 15.4. The first-order chi connectivity index (χ1) is 8.84. The van der Waals surface area contributed by atoms with Crippen molar-refractivity contribution in [1.29, 1.82) is 0 Å². The highest BCUT2D eigenvalue weighted by Crippen LogP contribution is 2.22. The van der Waals surface area contributed by atoms with Crippen molar-refractivity contribution in [2.45, 2.75) is 0 Å². The Morgan fingerprint density at radius 2 is 1.50 bits per heavy atom. The number of rotatable bonds is 2. The van der Waals surface area contributed by atoms with Crippen molar-refractivity contribution >= 4 is 23.3 Å². The molecule has 0 bridgehead atoms. The van der Waals surface area contributed by atoms with Crippen LogP contribution < -0.4 is 10.6 Å². The van der Waals surface area contributed by atoms with Crippen molar-refractivity contribution in [3.8, 4) is 0 Å². The zero-order valence-corrected chi connectivity index (χ0v) is 9.69. The molecule has 3 rings (SSSR count). The van der Waals surface area contributed by atoms with E-state index in [1.807, 2.05) is 65.6 Å². The predicted octanol–water partition coefficient (Wildman–Crippen LogP) is 2.51. The highest BCUT2D eigenvalue weighted by Gasteiger charge is 2.26. The number of hydrogen-bond donors (Lipinski definition) is 1. The fourth-order valence-corrected chi connectivity index (χ4v) is 1.78. The number of nitrogens with two attached hydrogens (primary N) is 1. The molecule has 4 heteroatoms. The standard InChI is InChI=1S/C14H12N4/c15-13-17-14(16-11-7-3-1-4-8-11)18(13)12-9-5-2-6-10-12/h1-10H,(H2,15,16,17). The van der Waals surface area contributed by atoms with Crippen LogP contribution in [-0.2, 0) is 0 Å². The Morgan fingerprint density at radius 1 is 0.889 bits per heavy atom. The SMILES string of the molecule is NC1=NC(=Nc2ccccc2)N1c1ccccc1. The summed E-state index contributed by atoms with van der Waals surface area (Å²) >= 11 is 0. The molecule has 0 atom stereocenters. The van der Waals surface area contributed by atoms with Gasteiger partial charge in [0.2, 0.25) is 11.9 Å². The molecule has 1 heterocycles. The number of para-hydroxylation sites is 2. The van der Waals surface area contributed by atoms with E-state index in [0.717, 1.165) is 11.4 Å². The molecule has 0 aliphatic carbocycles. The summed E-state index contributed by atoms with van der Waals surface area (Å²) < 4.78 is 0. The van der Waals surface area contributed by atoms with E-state index in [1.165, 1.54) is 0 Å². The number of nitrogens with zero attached hydrogens (tertiary/aromatic N) is 3. The molecule has 0 unspecified atom stereocenters. The second-order valence-electron chi connectivity index (χ2n) is 3.89. The van der Waals surface area contributed by atoms with Crippen LogP contribution >= 0.6 is 0 Å². The lowest BCUT2D eigenvalue weighted by atomic mass is 10.3. The van der Waals surface area contributed by atoms with Gasteiger partial charge in [-0.2, -0.15) is 4.99 Å². The summed E-state index contributed by atoms with van der Waals surface area (Å²) in [5.41, 5.74) is 7.63. The van der Waals surface area contributed by atoms with Crippen molar-refractivity contribution in [3.05, 3.63) is 60.7 Å². The largest absolute Gasteiger partial charge is 0.369 e. The van der Waals surface area contributed by atoms with Gasteiger partial charge in [-0.3, -0.25) is 0 Å². The molecular formula is C14H12N4. The summed E-state index contributed by atoms with van der Waals surface area (Å²) in [6.07, 6.45) is 0. The van der Waals surface area contributed by atoms with E-state index in [-0.39, 0.29) is 0 Å². The van der Waals surface area contributed by atoms with E-state index >= 15 is 0 Å². The van der Waals surface area contributed by atoms with Gasteiger partial charge in [-0.25, -0.2) is 9.89 Å². The van der Waals surface area contributed by atoms with Crippen molar-refractivity contribution in [2.75, 3.05) is 4.90 Å². The van der Waals surface area contributed by atoms with Crippen LogP contribution in [0.1, 0.15) is 0 Å². The van der Waals surface area contributed by atoms with Gasteiger partial charge >= 0.3 is 0 Å². The number of guanidine groups is 2. The number of hydrogen-bond acceptors (Lipinski definition) is 2. The van der Waals surface area contributed by atoms with Gasteiger partial charge in [0.1, 0.15) is 0 Å². The molecule has 18 heavy (non-hydrogen) atoms. The summed E-state index contributed by atoms with van der Waals surface area (Å²) in [4.78, 5) is 10.4. The second-order valence-corrected chi connectivity index (χ2v) is 3.89. The predicted molar refractivity (Wildman–Crippen MR) is 74.1 cm³/mol. The lowest BCUT2D eigenvalue weighted by molar-refractivity contribution is 1.21. The minimum absolute atomic E-state index is 0.468. The summed E-state index contributed by atoms with van der Waals surface area (Å²) in [6.45, 7) is 0. The molecule has 0 saturated heterocycles. The number of anilines is 1. The third-order valence-electron chi connectivity index (χ3n) is 2.64. The van der Waals surface area contributed by atoms with Gasteiger partial charge in [-0.15, -0.1) is 0 Å². The van der Waals surface area contributed by atoms with Crippen molar-refractivity contribution < 1.29 is 0 Å². The molecule has 0 fully saturated rings. The Hall–Kier alpha value is -2.62. The van der Waals surface area contributed by atoms with Crippen LogP contribution in [0, 0.1) is 0 Å². The third-order valence-corrected chi connectivity index (χ3v) is 2.64. The highest BCUT2D eigenvalue weighted by molar-refractivity contribution is 6.29. The van der Waals surface area contributed by atoms with Crippen molar-refractivity contribution in [3.63, 3.8) is 0 Å². The Morgan fingerprint density at radius 3 is 2.11 bits per heavy atom. The second kappa shape index (κ2) is 4.33. The van der Waals surface area contributed by atoms with E-state index in [1.54, 1.807) is 0 Å². The summed E-state index contributed by atoms with van der Waals surface area (Å²) in [5, 5.41) is 0. The van der Waals surface area contributed by atoms with E-state index < -0.39 is 0 Å². The van der Waals surface area contributed by atoms with Crippen LogP contribution in [0.5, 0.6) is 0 Å². The maximum Gasteiger partial charge on any atom is 0.240 e. The van der Waals surface area contributed by atoms with Crippen LogP contribution in [0.15, 0.2) is 70.6 Å². The van der Waals surface area contributed by atoms with Gasteiger partial charge in [0.25, 0.3) is 0 Å². The van der Waals surface area contributed by atoms with Crippen molar-refractivity contribution in [1.82, 2.24) is 0 Å². The lowest BCUT2D eigenvalue weighted by Crippen LogP contribution is -2.50. The normalized spacial score (nSPS) is 16.3. The van der Waals surface area contributed by atoms with Gasteiger partial charge in [0.15, 0.2) is 0 Å². The average molecular weight is 236 g/mol. The minimum Gasteiger partial charge on any atom is -0.369 e. The molecule has 0 amide bonds. The van der Waals surface area contributed by atoms with E-state index in [2.05, 4.69) is 9.98 Å². The first kappa shape index (κ1) is 10.5. The molecule has 0 radical (unpaired) electrons. The van der Waals surface area contributed by atoms with Crippen LogP contribution in [0.2, 0.25) is 0 Å². The Balaban J connectivity index is 1.94. The average Bonchev–Trinajstić information content (AvgIpc) is 2.40. The zero-order chi connectivity index (χ0) is 12.4. The quantitative estimate of drug-likeness (QED) is 0.871. The fourth-order valence-electron chi connectivity index (χ4n) is 1.78. The maximum atomic E-state index is 5.79. The van der Waals surface area contributed by atoms with Crippen LogP contribution in [0.25, 0.3) is 0 Å². The first-order valence-corrected chi connectivity index (χ1v) is 5.68. The molecule has 0 aromatic heterocycles. The van der Waals surface area contributed by atoms with Crippen LogP contribution in [0.3, 0.4) is 0 Å². The molecular weight excluding hydrogens is 224 g/mol. The Labute approximate surface area is 105 Å². The number of benzene rings is 2. The molecule has 2 N–H and O–H groups in total. The molecule has 1 aliphatic rings. The van der Waals surface area contributed by atoms with Gasteiger partial charge in [0, 0.05) is 0 Å². The van der Waals surface area contributed by atoms with Gasteiger partial charge in [-0.1, -0.05) is 36.4 Å². The van der Waals surface area contributed by atoms with Crippen molar-refractivity contribution in [2.24, 2.45) is 15.7 Å². The molecule has 2 aromatic rings. The van der Waals surface area contributed by atoms with Gasteiger partial charge in [0.05, 0.1) is 11.4 Å². The molecule has 0 saturated carbocycles. The zero-order valence-electron chi connectivity index (χ0n) is 9.69. The molecule has 2 aromatic carbocycles. The lowest BCUT2D eigenvalue weighted by Gasteiger charge is -2.29. The summed E-state index contributed by atoms with van der Waals surface area (Å²) in [6, 6.07) is 19.5. The number of aliphatic imine (C=N–C) groups is 2. The maximum absolute atomic E-state index is 5.79. The molecule has 0 spiro atoms. The first-order valence-electron chi connectivity index (χ1n) is 5.68. The summed E-state index contributed by atoms with van der Waals surface area (Å²) in [5.74, 6) is 1.08. The minimum atomic E-state index is 0.468.